The van der Waals surface area contributed by atoms with Crippen molar-refractivity contribution in [2.75, 3.05) is 19.7 Å². The van der Waals surface area contributed by atoms with Gasteiger partial charge in [0.25, 0.3) is 0 Å². The highest BCUT2D eigenvalue weighted by molar-refractivity contribution is 5.25. The van der Waals surface area contributed by atoms with Gasteiger partial charge in [0.15, 0.2) is 0 Å². The number of hydrogen-bond donors (Lipinski definition) is 0. The quantitative estimate of drug-likeness (QED) is 0.775. The summed E-state index contributed by atoms with van der Waals surface area (Å²) < 4.78 is 5.61. The van der Waals surface area contributed by atoms with Gasteiger partial charge in [0.2, 0.25) is 0 Å². The monoisotopic (exact) mass is 231 g/mol. The number of nitrogens with zero attached hydrogens (tertiary/aromatic N) is 3. The van der Waals surface area contributed by atoms with Crippen molar-refractivity contribution in [3.63, 3.8) is 0 Å². The maximum absolute atomic E-state index is 8.81. The molecule has 1 aliphatic heterocycles. The highest BCUT2D eigenvalue weighted by atomic mass is 16.5. The normalized spacial score (nSPS) is 21.8. The molecule has 2 rings (SSSR count). The van der Waals surface area contributed by atoms with Crippen molar-refractivity contribution < 1.29 is 4.74 Å². The number of rotatable bonds is 2. The summed E-state index contributed by atoms with van der Waals surface area (Å²) in [6.07, 6.45) is 3.06. The van der Waals surface area contributed by atoms with Crippen LogP contribution in [0.5, 0.6) is 0 Å². The molecule has 0 bridgehead atoms. The van der Waals surface area contributed by atoms with E-state index >= 15 is 0 Å². The molecule has 0 amide bonds. The van der Waals surface area contributed by atoms with Crippen molar-refractivity contribution >= 4 is 0 Å². The highest BCUT2D eigenvalue weighted by Gasteiger charge is 2.15. The fraction of sp³-hybridized carbons (Fsp3) is 0.538. The van der Waals surface area contributed by atoms with Gasteiger partial charge in [-0.05, 0) is 31.0 Å². The van der Waals surface area contributed by atoms with Crippen LogP contribution in [0.1, 0.15) is 24.6 Å². The lowest BCUT2D eigenvalue weighted by molar-refractivity contribution is 0.0668. The van der Waals surface area contributed by atoms with Crippen LogP contribution in [0.2, 0.25) is 0 Å². The molecule has 1 unspecified atom stereocenters. The first-order valence-electron chi connectivity index (χ1n) is 5.97. The van der Waals surface area contributed by atoms with Gasteiger partial charge in [0.1, 0.15) is 11.8 Å². The molecule has 1 atom stereocenters. The Balaban J connectivity index is 2.01. The Labute approximate surface area is 102 Å². The molecule has 1 aromatic rings. The van der Waals surface area contributed by atoms with E-state index in [4.69, 9.17) is 10.00 Å². The second kappa shape index (κ2) is 5.76. The van der Waals surface area contributed by atoms with E-state index < -0.39 is 0 Å². The topological polar surface area (TPSA) is 49.2 Å². The molecule has 0 spiro atoms. The largest absolute Gasteiger partial charge is 0.377 e. The molecule has 4 nitrogen and oxygen atoms in total. The van der Waals surface area contributed by atoms with Crippen LogP contribution in [0, 0.1) is 11.3 Å². The molecule has 1 saturated heterocycles. The van der Waals surface area contributed by atoms with E-state index in [2.05, 4.69) is 22.9 Å². The molecule has 90 valence electrons. The molecule has 1 aromatic heterocycles. The van der Waals surface area contributed by atoms with Crippen LogP contribution in [-0.4, -0.2) is 35.7 Å². The lowest BCUT2D eigenvalue weighted by atomic mass is 10.2. The van der Waals surface area contributed by atoms with Gasteiger partial charge in [0, 0.05) is 32.4 Å². The van der Waals surface area contributed by atoms with Crippen molar-refractivity contribution in [3.05, 3.63) is 29.6 Å². The molecule has 4 heteroatoms. The number of pyridine rings is 1. The Bertz CT molecular complexity index is 413. The molecule has 1 fully saturated rings. The second-order valence-corrected chi connectivity index (χ2v) is 4.43. The smallest absolute Gasteiger partial charge is 0.140 e. The molecule has 0 aliphatic carbocycles. The van der Waals surface area contributed by atoms with E-state index in [-0.39, 0.29) is 6.10 Å². The summed E-state index contributed by atoms with van der Waals surface area (Å²) in [5.41, 5.74) is 1.63. The van der Waals surface area contributed by atoms with Crippen LogP contribution in [0.4, 0.5) is 0 Å². The lowest BCUT2D eigenvalue weighted by Crippen LogP contribution is -2.29. The predicted molar refractivity (Wildman–Crippen MR) is 64.3 cm³/mol. The summed E-state index contributed by atoms with van der Waals surface area (Å²) in [6, 6.07) is 5.90. The van der Waals surface area contributed by atoms with E-state index in [0.29, 0.717) is 5.69 Å². The maximum atomic E-state index is 8.81. The summed E-state index contributed by atoms with van der Waals surface area (Å²) in [5.74, 6) is 0. The average molecular weight is 231 g/mol. The zero-order valence-corrected chi connectivity index (χ0v) is 10.1. The third-order valence-corrected chi connectivity index (χ3v) is 2.88. The van der Waals surface area contributed by atoms with E-state index in [1.54, 1.807) is 6.20 Å². The van der Waals surface area contributed by atoms with Crippen molar-refractivity contribution in [2.45, 2.75) is 26.0 Å². The Morgan fingerprint density at radius 1 is 1.65 bits per heavy atom. The average Bonchev–Trinajstić information content (AvgIpc) is 2.54. The van der Waals surface area contributed by atoms with Crippen LogP contribution in [-0.2, 0) is 11.3 Å². The first kappa shape index (κ1) is 12.0. The molecule has 1 aliphatic rings. The van der Waals surface area contributed by atoms with E-state index in [1.807, 2.05) is 12.1 Å². The first-order valence-corrected chi connectivity index (χ1v) is 5.97. The third-order valence-electron chi connectivity index (χ3n) is 2.88. The van der Waals surface area contributed by atoms with Gasteiger partial charge in [-0.1, -0.05) is 0 Å². The van der Waals surface area contributed by atoms with Gasteiger partial charge in [0.05, 0.1) is 6.10 Å². The fourth-order valence-corrected chi connectivity index (χ4v) is 2.12. The maximum Gasteiger partial charge on any atom is 0.140 e. The fourth-order valence-electron chi connectivity index (χ4n) is 2.12. The molecule has 17 heavy (non-hydrogen) atoms. The third kappa shape index (κ3) is 3.52. The first-order chi connectivity index (χ1) is 8.28. The van der Waals surface area contributed by atoms with Crippen LogP contribution < -0.4 is 0 Å². The number of aromatic nitrogens is 1. The minimum Gasteiger partial charge on any atom is -0.377 e. The summed E-state index contributed by atoms with van der Waals surface area (Å²) >= 11 is 0. The Morgan fingerprint density at radius 2 is 2.53 bits per heavy atom. The van der Waals surface area contributed by atoms with E-state index in [1.165, 1.54) is 0 Å². The zero-order valence-electron chi connectivity index (χ0n) is 10.1. The Morgan fingerprint density at radius 3 is 3.35 bits per heavy atom. The van der Waals surface area contributed by atoms with Gasteiger partial charge in [-0.15, -0.1) is 0 Å². The standard InChI is InChI=1S/C13H17N3O/c1-11-9-16(5-2-6-17-11)10-12-3-4-15-13(7-12)8-14/h3-4,7,11H,2,5-6,9-10H2,1H3. The van der Waals surface area contributed by atoms with Crippen molar-refractivity contribution in [1.82, 2.24) is 9.88 Å². The van der Waals surface area contributed by atoms with Gasteiger partial charge in [-0.2, -0.15) is 5.26 Å². The lowest BCUT2D eigenvalue weighted by Gasteiger charge is -2.21. The van der Waals surface area contributed by atoms with E-state index in [9.17, 15) is 0 Å². The Kier molecular flexibility index (Phi) is 4.08. The summed E-state index contributed by atoms with van der Waals surface area (Å²) in [6.45, 7) is 5.81. The van der Waals surface area contributed by atoms with E-state index in [0.717, 1.165) is 38.2 Å². The Hall–Kier alpha value is -1.44. The minimum absolute atomic E-state index is 0.287. The molecule has 0 saturated carbocycles. The summed E-state index contributed by atoms with van der Waals surface area (Å²) in [4.78, 5) is 6.35. The van der Waals surface area contributed by atoms with Crippen LogP contribution in [0.25, 0.3) is 0 Å². The molecule has 0 aromatic carbocycles. The van der Waals surface area contributed by atoms with Crippen LogP contribution in [0.3, 0.4) is 0 Å². The van der Waals surface area contributed by atoms with Crippen molar-refractivity contribution in [2.24, 2.45) is 0 Å². The molecular weight excluding hydrogens is 214 g/mol. The number of nitriles is 1. The van der Waals surface area contributed by atoms with Crippen molar-refractivity contribution in [1.29, 1.82) is 5.26 Å². The minimum atomic E-state index is 0.287. The summed E-state index contributed by atoms with van der Waals surface area (Å²) in [5, 5.41) is 8.81. The second-order valence-electron chi connectivity index (χ2n) is 4.43. The van der Waals surface area contributed by atoms with Crippen LogP contribution in [0.15, 0.2) is 18.3 Å². The number of ether oxygens (including phenoxy) is 1. The SMILES string of the molecule is CC1CN(Cc2ccnc(C#N)c2)CCCO1. The van der Waals surface area contributed by atoms with Gasteiger partial charge >= 0.3 is 0 Å². The predicted octanol–water partition coefficient (Wildman–Crippen LogP) is 1.56. The number of hydrogen-bond acceptors (Lipinski definition) is 4. The van der Waals surface area contributed by atoms with Crippen molar-refractivity contribution in [3.8, 4) is 6.07 Å². The highest BCUT2D eigenvalue weighted by Crippen LogP contribution is 2.10. The van der Waals surface area contributed by atoms with Gasteiger partial charge < -0.3 is 4.74 Å². The molecule has 0 radical (unpaired) electrons. The van der Waals surface area contributed by atoms with Gasteiger partial charge in [-0.25, -0.2) is 4.98 Å². The molecular formula is C13H17N3O. The summed E-state index contributed by atoms with van der Waals surface area (Å²) in [7, 11) is 0. The zero-order chi connectivity index (χ0) is 12.1. The van der Waals surface area contributed by atoms with Gasteiger partial charge in [-0.3, -0.25) is 4.90 Å². The van der Waals surface area contributed by atoms with Crippen LogP contribution >= 0.6 is 0 Å². The molecule has 0 N–H and O–H groups in total. The molecule has 2 heterocycles.